The normalized spacial score (nSPS) is 19.3. The summed E-state index contributed by atoms with van der Waals surface area (Å²) in [6, 6.07) is 9.92. The van der Waals surface area contributed by atoms with Gasteiger partial charge in [0.2, 0.25) is 5.91 Å². The molecular weight excluding hydrogens is 408 g/mol. The Kier molecular flexibility index (Phi) is 5.85. The van der Waals surface area contributed by atoms with Crippen LogP contribution in [-0.2, 0) is 17.6 Å². The van der Waals surface area contributed by atoms with Crippen molar-refractivity contribution in [2.75, 3.05) is 6.61 Å². The third-order valence-corrected chi connectivity index (χ3v) is 6.46. The quantitative estimate of drug-likeness (QED) is 0.687. The number of carbonyl (C=O) groups excluding carboxylic acids is 1. The molecule has 1 atom stereocenters. The van der Waals surface area contributed by atoms with Gasteiger partial charge in [-0.15, -0.1) is 0 Å². The predicted molar refractivity (Wildman–Crippen MR) is 123 cm³/mol. The van der Waals surface area contributed by atoms with E-state index in [1.165, 1.54) is 5.56 Å². The van der Waals surface area contributed by atoms with Gasteiger partial charge >= 0.3 is 0 Å². The van der Waals surface area contributed by atoms with Crippen LogP contribution in [-0.4, -0.2) is 32.7 Å². The lowest BCUT2D eigenvalue weighted by Crippen LogP contribution is -2.56. The van der Waals surface area contributed by atoms with Crippen molar-refractivity contribution in [3.63, 3.8) is 0 Å². The first-order valence-corrected chi connectivity index (χ1v) is 11.2. The maximum atomic E-state index is 13.0. The summed E-state index contributed by atoms with van der Waals surface area (Å²) in [4.78, 5) is 14.0. The van der Waals surface area contributed by atoms with Crippen LogP contribution in [0.4, 0.5) is 0 Å². The largest absolute Gasteiger partial charge is 0.479 e. The van der Waals surface area contributed by atoms with E-state index in [4.69, 9.17) is 27.3 Å². The molecule has 1 aromatic heterocycles. The number of benzene rings is 1. The molecule has 1 fully saturated rings. The van der Waals surface area contributed by atoms with Crippen LogP contribution in [0.1, 0.15) is 57.3 Å². The number of nitriles is 1. The first-order valence-electron chi connectivity index (χ1n) is 10.8. The molecule has 1 N–H and O–H groups in total. The molecule has 0 aliphatic heterocycles. The number of rotatable bonds is 6. The monoisotopic (exact) mass is 436 g/mol. The van der Waals surface area contributed by atoms with E-state index in [1.54, 1.807) is 0 Å². The van der Waals surface area contributed by atoms with Crippen molar-refractivity contribution in [3.05, 3.63) is 35.5 Å². The van der Waals surface area contributed by atoms with E-state index in [1.807, 2.05) is 30.3 Å². The van der Waals surface area contributed by atoms with Gasteiger partial charge in [0.15, 0.2) is 6.61 Å². The molecule has 2 aliphatic rings. The Morgan fingerprint density at radius 1 is 1.45 bits per heavy atom. The van der Waals surface area contributed by atoms with Crippen LogP contribution in [0.25, 0.3) is 11.3 Å². The Hall–Kier alpha value is -2.72. The first-order chi connectivity index (χ1) is 14.8. The smallest absolute Gasteiger partial charge is 0.223 e. The van der Waals surface area contributed by atoms with E-state index in [-0.39, 0.29) is 30.0 Å². The highest BCUT2D eigenvalue weighted by atomic mass is 32.1. The summed E-state index contributed by atoms with van der Waals surface area (Å²) in [5.74, 6) is 0.734. The number of hydrogen-bond acceptors (Lipinski definition) is 5. The molecule has 2 aliphatic carbocycles. The number of aromatic nitrogens is 2. The van der Waals surface area contributed by atoms with Crippen LogP contribution in [0.3, 0.4) is 0 Å². The molecule has 31 heavy (non-hydrogen) atoms. The molecule has 7 heteroatoms. The molecule has 0 spiro atoms. The summed E-state index contributed by atoms with van der Waals surface area (Å²) in [5.41, 5.74) is 4.10. The minimum absolute atomic E-state index is 0.0163. The number of nitrogens with zero attached hydrogens (tertiary/aromatic N) is 3. The summed E-state index contributed by atoms with van der Waals surface area (Å²) in [6.45, 7) is 6.32. The van der Waals surface area contributed by atoms with Gasteiger partial charge in [0.25, 0.3) is 0 Å². The van der Waals surface area contributed by atoms with Gasteiger partial charge in [-0.3, -0.25) is 9.48 Å². The zero-order valence-electron chi connectivity index (χ0n) is 18.3. The zero-order chi connectivity index (χ0) is 22.2. The van der Waals surface area contributed by atoms with Crippen molar-refractivity contribution < 1.29 is 9.53 Å². The van der Waals surface area contributed by atoms with E-state index in [9.17, 15) is 4.79 Å². The summed E-state index contributed by atoms with van der Waals surface area (Å²) in [6.07, 6.45) is 3.90. The van der Waals surface area contributed by atoms with Crippen molar-refractivity contribution in [2.24, 2.45) is 5.92 Å². The van der Waals surface area contributed by atoms with Gasteiger partial charge in [-0.1, -0.05) is 24.4 Å². The Morgan fingerprint density at radius 3 is 2.90 bits per heavy atom. The molecule has 0 saturated heterocycles. The van der Waals surface area contributed by atoms with Gasteiger partial charge in [0, 0.05) is 53.6 Å². The minimum Gasteiger partial charge on any atom is -0.479 e. The Bertz CT molecular complexity index is 1060. The minimum atomic E-state index is -0.179. The highest BCUT2D eigenvalue weighted by Crippen LogP contribution is 2.37. The SMILES string of the molecule is CC(C)n1nc(-c2cccc(OCC#N)c2)c2c1CC(C(=O)NC1(C)CC(=S)C1)CC2. The topological polar surface area (TPSA) is 79.9 Å². The Morgan fingerprint density at radius 2 is 2.23 bits per heavy atom. The molecule has 0 radical (unpaired) electrons. The number of amides is 1. The van der Waals surface area contributed by atoms with E-state index in [2.05, 4.69) is 30.8 Å². The molecule has 1 aromatic carbocycles. The third kappa shape index (κ3) is 4.35. The molecule has 1 amide bonds. The van der Waals surface area contributed by atoms with E-state index < -0.39 is 0 Å². The summed E-state index contributed by atoms with van der Waals surface area (Å²) in [5, 5.41) is 17.0. The number of thiocarbonyl (C=S) groups is 1. The molecule has 162 valence electrons. The summed E-state index contributed by atoms with van der Waals surface area (Å²) in [7, 11) is 0. The molecule has 4 rings (SSSR count). The maximum Gasteiger partial charge on any atom is 0.223 e. The number of ether oxygens (including phenoxy) is 1. The highest BCUT2D eigenvalue weighted by molar-refractivity contribution is 7.80. The standard InChI is InChI=1S/C24H28N4O2S/c1-15(2)28-21-12-17(23(29)26-24(3)13-19(31)14-24)7-8-20(21)22(27-28)16-5-4-6-18(11-16)30-10-9-25/h4-6,11,15,17H,7-8,10,12-14H2,1-3H3,(H,26,29). The number of nitrogens with one attached hydrogen (secondary N) is 1. The second-order valence-electron chi connectivity index (χ2n) is 9.17. The van der Waals surface area contributed by atoms with Gasteiger partial charge < -0.3 is 10.1 Å². The highest BCUT2D eigenvalue weighted by Gasteiger charge is 2.40. The summed E-state index contributed by atoms with van der Waals surface area (Å²) >= 11 is 5.23. The molecule has 1 saturated carbocycles. The average molecular weight is 437 g/mol. The van der Waals surface area contributed by atoms with Gasteiger partial charge in [0.1, 0.15) is 11.8 Å². The fourth-order valence-corrected chi connectivity index (χ4v) is 5.31. The van der Waals surface area contributed by atoms with Crippen LogP contribution < -0.4 is 10.1 Å². The lowest BCUT2D eigenvalue weighted by molar-refractivity contribution is -0.127. The third-order valence-electron chi connectivity index (χ3n) is 6.17. The molecule has 2 aromatic rings. The Balaban J connectivity index is 1.59. The van der Waals surface area contributed by atoms with Gasteiger partial charge in [0.05, 0.1) is 5.69 Å². The van der Waals surface area contributed by atoms with Crippen molar-refractivity contribution in [2.45, 2.75) is 64.5 Å². The molecule has 1 heterocycles. The first kappa shape index (κ1) is 21.5. The molecule has 6 nitrogen and oxygen atoms in total. The van der Waals surface area contributed by atoms with Crippen molar-refractivity contribution >= 4 is 23.0 Å². The summed E-state index contributed by atoms with van der Waals surface area (Å²) < 4.78 is 7.54. The zero-order valence-corrected chi connectivity index (χ0v) is 19.1. The van der Waals surface area contributed by atoms with Crippen molar-refractivity contribution in [1.29, 1.82) is 5.26 Å². The van der Waals surface area contributed by atoms with Crippen LogP contribution in [0.2, 0.25) is 0 Å². The van der Waals surface area contributed by atoms with Crippen LogP contribution in [0, 0.1) is 17.2 Å². The van der Waals surface area contributed by atoms with Gasteiger partial charge in [-0.05, 0) is 50.6 Å². The fraction of sp³-hybridized carbons (Fsp3) is 0.500. The van der Waals surface area contributed by atoms with Crippen molar-refractivity contribution in [1.82, 2.24) is 15.1 Å². The predicted octanol–water partition coefficient (Wildman–Crippen LogP) is 4.18. The molecule has 1 unspecified atom stereocenters. The van der Waals surface area contributed by atoms with E-state index >= 15 is 0 Å². The number of carbonyl (C=O) groups is 1. The maximum absolute atomic E-state index is 13.0. The van der Waals surface area contributed by atoms with Crippen molar-refractivity contribution in [3.8, 4) is 23.1 Å². The Labute approximate surface area is 188 Å². The van der Waals surface area contributed by atoms with Crippen LogP contribution in [0.5, 0.6) is 5.75 Å². The van der Waals surface area contributed by atoms with E-state index in [0.717, 1.165) is 47.5 Å². The van der Waals surface area contributed by atoms with Crippen LogP contribution in [0.15, 0.2) is 24.3 Å². The van der Waals surface area contributed by atoms with E-state index in [0.29, 0.717) is 12.2 Å². The molecular formula is C24H28N4O2S. The van der Waals surface area contributed by atoms with Gasteiger partial charge in [-0.25, -0.2) is 0 Å². The number of fused-ring (bicyclic) bond motifs is 1. The second-order valence-corrected chi connectivity index (χ2v) is 9.75. The number of hydrogen-bond donors (Lipinski definition) is 1. The fourth-order valence-electron chi connectivity index (χ4n) is 4.67. The van der Waals surface area contributed by atoms with Gasteiger partial charge in [-0.2, -0.15) is 10.4 Å². The second kappa shape index (κ2) is 8.43. The average Bonchev–Trinajstić information content (AvgIpc) is 3.10. The van der Waals surface area contributed by atoms with Crippen LogP contribution >= 0.6 is 12.2 Å². The lowest BCUT2D eigenvalue weighted by Gasteiger charge is -2.41. The molecule has 0 bridgehead atoms. The lowest BCUT2D eigenvalue weighted by atomic mass is 9.77.